The quantitative estimate of drug-likeness (QED) is 0.110. The van der Waals surface area contributed by atoms with Gasteiger partial charge in [-0.1, -0.05) is 59.1 Å². The van der Waals surface area contributed by atoms with Crippen molar-refractivity contribution in [3.05, 3.63) is 97.5 Å². The minimum absolute atomic E-state index is 0.0546. The third-order valence-electron chi connectivity index (χ3n) is 8.63. The van der Waals surface area contributed by atoms with Crippen LogP contribution in [0.4, 0.5) is 4.79 Å². The van der Waals surface area contributed by atoms with Gasteiger partial charge < -0.3 is 39.2 Å². The number of carbonyl (C=O) groups is 2. The van der Waals surface area contributed by atoms with Gasteiger partial charge in [-0.3, -0.25) is 4.79 Å². The van der Waals surface area contributed by atoms with Crippen LogP contribution in [0.2, 0.25) is 15.1 Å². The average Bonchev–Trinajstić information content (AvgIpc) is 3.96. The van der Waals surface area contributed by atoms with E-state index in [4.69, 9.17) is 58.5 Å². The summed E-state index contributed by atoms with van der Waals surface area (Å²) in [6.45, 7) is 4.11. The molecule has 0 spiro atoms. The molecule has 274 valence electrons. The molecule has 0 saturated heterocycles. The van der Waals surface area contributed by atoms with Crippen molar-refractivity contribution in [1.29, 1.82) is 0 Å². The lowest BCUT2D eigenvalue weighted by Gasteiger charge is -2.33. The van der Waals surface area contributed by atoms with Crippen LogP contribution in [-0.4, -0.2) is 82.9 Å². The number of halogens is 3. The maximum atomic E-state index is 14.7. The lowest BCUT2D eigenvalue weighted by atomic mass is 9.88. The molecule has 1 saturated carbocycles. The van der Waals surface area contributed by atoms with Gasteiger partial charge in [-0.25, -0.2) is 4.79 Å². The fourth-order valence-electron chi connectivity index (χ4n) is 6.00. The van der Waals surface area contributed by atoms with E-state index in [1.54, 1.807) is 19.2 Å². The summed E-state index contributed by atoms with van der Waals surface area (Å²) in [6.07, 6.45) is 2.54. The van der Waals surface area contributed by atoms with Gasteiger partial charge >= 0.3 is 6.09 Å². The van der Waals surface area contributed by atoms with Gasteiger partial charge in [-0.2, -0.15) is 0 Å². The Morgan fingerprint density at radius 3 is 2.35 bits per heavy atom. The molecule has 1 fully saturated rings. The summed E-state index contributed by atoms with van der Waals surface area (Å²) in [7, 11) is 3.09. The summed E-state index contributed by atoms with van der Waals surface area (Å²) < 4.78 is 27.8. The number of methoxy groups -OCH3 is 1. The lowest BCUT2D eigenvalue weighted by Crippen LogP contribution is -2.47. The number of alkyl carbamates (subject to hydrolysis) is 1. The smallest absolute Gasteiger partial charge is 0.406 e. The molecule has 3 aromatic rings. The predicted octanol–water partition coefficient (Wildman–Crippen LogP) is 7.24. The summed E-state index contributed by atoms with van der Waals surface area (Å²) in [4.78, 5) is 28.1. The minimum Gasteiger partial charge on any atom is -0.490 e. The molecule has 13 heteroatoms. The van der Waals surface area contributed by atoms with Crippen LogP contribution < -0.4 is 20.1 Å². The summed E-state index contributed by atoms with van der Waals surface area (Å²) >= 11 is 19.3. The fourth-order valence-corrected chi connectivity index (χ4v) is 6.88. The molecule has 0 aromatic heterocycles. The highest BCUT2D eigenvalue weighted by atomic mass is 35.5. The van der Waals surface area contributed by atoms with Crippen LogP contribution in [0.1, 0.15) is 41.5 Å². The standard InChI is InChI=1S/C38H44Cl3N3O7/c1-24-18-32(40)36(33(41)19-24)50-17-16-49-29-9-5-26(6-10-29)30-12-14-43-34(22-48-23-47-3)35(30)37(45)44(28-7-8-28)21-27-20-25(4-11-31(27)39)13-15-51-38(46)42-2/h4-6,9-11,18-20,28,34,43H,7-8,12-17,21-23H2,1-3H3,(H,42,46)/t34-/m1/s1. The zero-order valence-corrected chi connectivity index (χ0v) is 31.3. The second kappa shape index (κ2) is 18.8. The number of nitrogens with one attached hydrogen (secondary N) is 2. The Balaban J connectivity index is 1.33. The first-order chi connectivity index (χ1) is 24.7. The van der Waals surface area contributed by atoms with Crippen LogP contribution in [0.25, 0.3) is 5.57 Å². The van der Waals surface area contributed by atoms with Crippen LogP contribution >= 0.6 is 34.8 Å². The van der Waals surface area contributed by atoms with Gasteiger partial charge in [0, 0.05) is 43.8 Å². The fraction of sp³-hybridized carbons (Fsp3) is 0.421. The first kappa shape index (κ1) is 38.7. The summed E-state index contributed by atoms with van der Waals surface area (Å²) in [5.41, 5.74) is 5.32. The molecule has 1 heterocycles. The molecule has 2 N–H and O–H groups in total. The number of hydrogen-bond acceptors (Lipinski definition) is 8. The number of hydrogen-bond donors (Lipinski definition) is 2. The lowest BCUT2D eigenvalue weighted by molar-refractivity contribution is -0.129. The van der Waals surface area contributed by atoms with Crippen LogP contribution in [0.15, 0.2) is 60.2 Å². The first-order valence-electron chi connectivity index (χ1n) is 17.0. The van der Waals surface area contributed by atoms with E-state index in [1.807, 2.05) is 54.3 Å². The first-order valence-corrected chi connectivity index (χ1v) is 18.1. The van der Waals surface area contributed by atoms with E-state index in [0.29, 0.717) is 58.1 Å². The van der Waals surface area contributed by atoms with Crippen molar-refractivity contribution in [3.8, 4) is 11.5 Å². The molecule has 2 aliphatic rings. The molecular formula is C38H44Cl3N3O7. The number of amides is 2. The molecular weight excluding hydrogens is 717 g/mol. The van der Waals surface area contributed by atoms with Crippen LogP contribution in [0, 0.1) is 6.92 Å². The second-order valence-electron chi connectivity index (χ2n) is 12.4. The maximum absolute atomic E-state index is 14.7. The van der Waals surface area contributed by atoms with E-state index in [1.165, 1.54) is 7.05 Å². The van der Waals surface area contributed by atoms with Gasteiger partial charge in [-0.15, -0.1) is 0 Å². The summed E-state index contributed by atoms with van der Waals surface area (Å²) in [5.74, 6) is 1.05. The molecule has 3 aromatic carbocycles. The Morgan fingerprint density at radius 2 is 1.67 bits per heavy atom. The minimum atomic E-state index is -0.481. The van der Waals surface area contributed by atoms with E-state index in [9.17, 15) is 9.59 Å². The highest BCUT2D eigenvalue weighted by Crippen LogP contribution is 2.37. The molecule has 0 radical (unpaired) electrons. The van der Waals surface area contributed by atoms with Crippen molar-refractivity contribution in [2.24, 2.45) is 0 Å². The SMILES string of the molecule is CNC(=O)OCCc1ccc(Cl)c(CN(C(=O)C2=C(c3ccc(OCCOc4c(Cl)cc(C)cc4Cl)cc3)CCN[C@@H]2COCOC)C2CC2)c1. The highest BCUT2D eigenvalue weighted by molar-refractivity contribution is 6.37. The Kier molecular flexibility index (Phi) is 14.3. The van der Waals surface area contributed by atoms with Crippen molar-refractivity contribution < 1.29 is 33.3 Å². The Hall–Kier alpha value is -3.51. The Morgan fingerprint density at radius 1 is 0.941 bits per heavy atom. The van der Waals surface area contributed by atoms with Gasteiger partial charge in [0.1, 0.15) is 25.8 Å². The van der Waals surface area contributed by atoms with Gasteiger partial charge in [0.15, 0.2) is 5.75 Å². The second-order valence-corrected chi connectivity index (χ2v) is 13.7. The predicted molar refractivity (Wildman–Crippen MR) is 199 cm³/mol. The molecule has 0 unspecified atom stereocenters. The molecule has 51 heavy (non-hydrogen) atoms. The number of nitrogens with zero attached hydrogens (tertiary/aromatic N) is 1. The van der Waals surface area contributed by atoms with Crippen LogP contribution in [-0.2, 0) is 32.0 Å². The normalized spacial score (nSPS) is 15.8. The molecule has 1 atom stereocenters. The number of rotatable bonds is 17. The zero-order chi connectivity index (χ0) is 36.3. The van der Waals surface area contributed by atoms with Crippen molar-refractivity contribution in [1.82, 2.24) is 15.5 Å². The van der Waals surface area contributed by atoms with Crippen molar-refractivity contribution in [3.63, 3.8) is 0 Å². The molecule has 10 nitrogen and oxygen atoms in total. The summed E-state index contributed by atoms with van der Waals surface area (Å²) in [6, 6.07) is 16.8. The van der Waals surface area contributed by atoms with Crippen molar-refractivity contribution in [2.45, 2.75) is 51.2 Å². The Labute approximate surface area is 314 Å². The third-order valence-corrected chi connectivity index (χ3v) is 9.56. The van der Waals surface area contributed by atoms with Crippen LogP contribution in [0.5, 0.6) is 11.5 Å². The topological polar surface area (TPSA) is 108 Å². The maximum Gasteiger partial charge on any atom is 0.406 e. The summed E-state index contributed by atoms with van der Waals surface area (Å²) in [5, 5.41) is 7.43. The number of aryl methyl sites for hydroxylation is 1. The number of benzene rings is 3. The monoisotopic (exact) mass is 759 g/mol. The third kappa shape index (κ3) is 10.8. The molecule has 1 aliphatic carbocycles. The van der Waals surface area contributed by atoms with E-state index in [0.717, 1.165) is 40.7 Å². The molecule has 1 aliphatic heterocycles. The Bertz CT molecular complexity index is 1680. The highest BCUT2D eigenvalue weighted by Gasteiger charge is 2.38. The van der Waals surface area contributed by atoms with E-state index < -0.39 is 6.09 Å². The van der Waals surface area contributed by atoms with Gasteiger partial charge in [0.25, 0.3) is 5.91 Å². The van der Waals surface area contributed by atoms with E-state index in [2.05, 4.69) is 10.6 Å². The molecule has 5 rings (SSSR count). The van der Waals surface area contributed by atoms with E-state index >= 15 is 0 Å². The van der Waals surface area contributed by atoms with Crippen molar-refractivity contribution >= 4 is 52.4 Å². The van der Waals surface area contributed by atoms with Gasteiger partial charge in [0.2, 0.25) is 0 Å². The number of carbonyl (C=O) groups excluding carboxylic acids is 2. The molecule has 2 amide bonds. The average molecular weight is 761 g/mol. The van der Waals surface area contributed by atoms with Gasteiger partial charge in [-0.05, 0) is 90.9 Å². The number of ether oxygens (including phenoxy) is 5. The molecule has 0 bridgehead atoms. The largest absolute Gasteiger partial charge is 0.490 e. The van der Waals surface area contributed by atoms with Crippen LogP contribution in [0.3, 0.4) is 0 Å². The van der Waals surface area contributed by atoms with Gasteiger partial charge in [0.05, 0.1) is 29.3 Å². The van der Waals surface area contributed by atoms with Crippen molar-refractivity contribution in [2.75, 3.05) is 53.9 Å². The zero-order valence-electron chi connectivity index (χ0n) is 29.1. The van der Waals surface area contributed by atoms with E-state index in [-0.39, 0.29) is 51.2 Å².